The number of imidazole rings is 1. The summed E-state index contributed by atoms with van der Waals surface area (Å²) < 4.78 is 2.09. The molecule has 29 heavy (non-hydrogen) atoms. The molecule has 2 amide bonds. The van der Waals surface area contributed by atoms with Crippen LogP contribution in [-0.2, 0) is 22.7 Å². The lowest BCUT2D eigenvalue weighted by Crippen LogP contribution is -2.33. The average Bonchev–Trinajstić information content (AvgIpc) is 3.31. The van der Waals surface area contributed by atoms with Gasteiger partial charge in [0.1, 0.15) is 0 Å². The van der Waals surface area contributed by atoms with E-state index in [-0.39, 0.29) is 24.2 Å². The van der Waals surface area contributed by atoms with Crippen molar-refractivity contribution in [3.05, 3.63) is 65.4 Å². The van der Waals surface area contributed by atoms with E-state index < -0.39 is 0 Å². The molecule has 0 spiro atoms. The minimum absolute atomic E-state index is 0.00467. The number of aryl methyl sites for hydroxylation is 1. The van der Waals surface area contributed by atoms with Crippen molar-refractivity contribution in [2.45, 2.75) is 25.9 Å². The summed E-state index contributed by atoms with van der Waals surface area (Å²) in [7, 11) is 0. The number of nitrogens with zero attached hydrogens (tertiary/aromatic N) is 3. The molecule has 7 heteroatoms. The number of aromatic nitrogens is 2. The minimum atomic E-state index is -0.306. The lowest BCUT2D eigenvalue weighted by Gasteiger charge is -2.17. The van der Waals surface area contributed by atoms with Crippen LogP contribution in [0.4, 0.5) is 0 Å². The first kappa shape index (κ1) is 19.5. The first-order valence-electron chi connectivity index (χ1n) is 9.80. The van der Waals surface area contributed by atoms with Crippen molar-refractivity contribution in [1.82, 2.24) is 19.8 Å². The topological polar surface area (TPSA) is 67.2 Å². The third-order valence-electron chi connectivity index (χ3n) is 5.31. The van der Waals surface area contributed by atoms with Crippen molar-refractivity contribution in [2.75, 3.05) is 13.1 Å². The first-order chi connectivity index (χ1) is 14.1. The molecule has 0 unspecified atom stereocenters. The van der Waals surface area contributed by atoms with E-state index in [1.54, 1.807) is 4.90 Å². The van der Waals surface area contributed by atoms with Gasteiger partial charge in [0.05, 0.1) is 23.3 Å². The van der Waals surface area contributed by atoms with E-state index in [0.717, 1.165) is 29.6 Å². The van der Waals surface area contributed by atoms with Gasteiger partial charge in [-0.2, -0.15) is 0 Å². The van der Waals surface area contributed by atoms with Crippen molar-refractivity contribution in [3.63, 3.8) is 0 Å². The third kappa shape index (κ3) is 4.43. The number of para-hydroxylation sites is 2. The van der Waals surface area contributed by atoms with E-state index in [1.165, 1.54) is 0 Å². The van der Waals surface area contributed by atoms with Crippen molar-refractivity contribution < 1.29 is 9.59 Å². The maximum atomic E-state index is 12.5. The lowest BCUT2D eigenvalue weighted by atomic mass is 10.1. The molecule has 150 valence electrons. The van der Waals surface area contributed by atoms with Crippen LogP contribution in [0.5, 0.6) is 0 Å². The Labute approximate surface area is 174 Å². The highest BCUT2D eigenvalue weighted by atomic mass is 35.5. The fraction of sp³-hybridized carbons (Fsp3) is 0.318. The van der Waals surface area contributed by atoms with Crippen LogP contribution < -0.4 is 5.32 Å². The number of fused-ring (bicyclic) bond motifs is 1. The summed E-state index contributed by atoms with van der Waals surface area (Å²) in [5, 5.41) is 3.61. The van der Waals surface area contributed by atoms with Crippen LogP contribution in [-0.4, -0.2) is 39.4 Å². The predicted molar refractivity (Wildman–Crippen MR) is 112 cm³/mol. The number of likely N-dealkylation sites (tertiary alicyclic amines) is 1. The molecule has 0 radical (unpaired) electrons. The zero-order valence-corrected chi connectivity index (χ0v) is 16.8. The molecule has 0 saturated carbocycles. The maximum Gasteiger partial charge on any atom is 0.225 e. The Morgan fingerprint density at radius 1 is 1.17 bits per heavy atom. The number of nitrogens with one attached hydrogen (secondary N) is 1. The highest BCUT2D eigenvalue weighted by Gasteiger charge is 2.34. The summed E-state index contributed by atoms with van der Waals surface area (Å²) >= 11 is 6.19. The van der Waals surface area contributed by atoms with Gasteiger partial charge in [-0.15, -0.1) is 0 Å². The summed E-state index contributed by atoms with van der Waals surface area (Å²) in [5.74, 6) is -0.371. The third-order valence-corrected chi connectivity index (χ3v) is 5.68. The van der Waals surface area contributed by atoms with E-state index >= 15 is 0 Å². The smallest absolute Gasteiger partial charge is 0.225 e. The molecule has 1 atom stereocenters. The fourth-order valence-corrected chi connectivity index (χ4v) is 3.92. The van der Waals surface area contributed by atoms with Crippen molar-refractivity contribution >= 4 is 34.4 Å². The van der Waals surface area contributed by atoms with Gasteiger partial charge in [-0.25, -0.2) is 4.98 Å². The van der Waals surface area contributed by atoms with E-state index in [0.29, 0.717) is 24.7 Å². The van der Waals surface area contributed by atoms with Crippen LogP contribution in [0.3, 0.4) is 0 Å². The van der Waals surface area contributed by atoms with Gasteiger partial charge < -0.3 is 14.8 Å². The van der Waals surface area contributed by atoms with Crippen LogP contribution in [0.25, 0.3) is 11.0 Å². The van der Waals surface area contributed by atoms with Gasteiger partial charge in [0, 0.05) is 37.6 Å². The summed E-state index contributed by atoms with van der Waals surface area (Å²) in [6, 6.07) is 15.5. The van der Waals surface area contributed by atoms with Crippen LogP contribution in [0, 0.1) is 5.92 Å². The minimum Gasteiger partial charge on any atom is -0.356 e. The highest BCUT2D eigenvalue weighted by molar-refractivity contribution is 6.31. The molecular weight excluding hydrogens is 388 g/mol. The largest absolute Gasteiger partial charge is 0.356 e. The van der Waals surface area contributed by atoms with Crippen LogP contribution in [0.2, 0.25) is 5.02 Å². The van der Waals surface area contributed by atoms with E-state index in [1.807, 2.05) is 54.9 Å². The van der Waals surface area contributed by atoms with Crippen molar-refractivity contribution in [3.8, 4) is 0 Å². The van der Waals surface area contributed by atoms with Gasteiger partial charge in [-0.1, -0.05) is 41.9 Å². The van der Waals surface area contributed by atoms with Gasteiger partial charge in [0.2, 0.25) is 11.8 Å². The second kappa shape index (κ2) is 8.66. The molecule has 1 saturated heterocycles. The molecule has 1 aliphatic rings. The average molecular weight is 411 g/mol. The summed E-state index contributed by atoms with van der Waals surface area (Å²) in [5.41, 5.74) is 2.96. The zero-order chi connectivity index (χ0) is 20.2. The number of hydrogen-bond donors (Lipinski definition) is 1. The Balaban J connectivity index is 1.25. The van der Waals surface area contributed by atoms with Crippen molar-refractivity contribution in [1.29, 1.82) is 0 Å². The molecule has 0 aliphatic carbocycles. The molecule has 1 fully saturated rings. The maximum absolute atomic E-state index is 12.5. The summed E-state index contributed by atoms with van der Waals surface area (Å²) in [4.78, 5) is 30.9. The van der Waals surface area contributed by atoms with E-state index in [9.17, 15) is 9.59 Å². The molecule has 2 heterocycles. The second-order valence-electron chi connectivity index (χ2n) is 7.34. The van der Waals surface area contributed by atoms with E-state index in [2.05, 4.69) is 14.9 Å². The first-order valence-corrected chi connectivity index (χ1v) is 10.2. The molecule has 2 aromatic carbocycles. The Kier molecular flexibility index (Phi) is 5.81. The SMILES string of the molecule is O=C(NCCCn1cnc2ccccc21)[C@@H]1CC(=O)N(Cc2ccccc2Cl)C1. The number of amides is 2. The Bertz CT molecular complexity index is 1030. The van der Waals surface area contributed by atoms with Crippen molar-refractivity contribution in [2.24, 2.45) is 5.92 Å². The van der Waals surface area contributed by atoms with E-state index in [4.69, 9.17) is 11.6 Å². The number of halogens is 1. The molecule has 3 aromatic rings. The Hall–Kier alpha value is -2.86. The predicted octanol–water partition coefficient (Wildman–Crippen LogP) is 3.24. The monoisotopic (exact) mass is 410 g/mol. The summed E-state index contributed by atoms with van der Waals surface area (Å²) in [6.45, 7) is 2.22. The highest BCUT2D eigenvalue weighted by Crippen LogP contribution is 2.23. The molecule has 1 N–H and O–H groups in total. The number of rotatable bonds is 7. The zero-order valence-electron chi connectivity index (χ0n) is 16.1. The van der Waals surface area contributed by atoms with Crippen LogP contribution in [0.1, 0.15) is 18.4 Å². The molecule has 0 bridgehead atoms. The van der Waals surface area contributed by atoms with Gasteiger partial charge in [0.15, 0.2) is 0 Å². The number of hydrogen-bond acceptors (Lipinski definition) is 3. The molecule has 1 aliphatic heterocycles. The Morgan fingerprint density at radius 2 is 1.97 bits per heavy atom. The molecular formula is C22H23ClN4O2. The molecule has 1 aromatic heterocycles. The molecule has 6 nitrogen and oxygen atoms in total. The van der Waals surface area contributed by atoms with Crippen LogP contribution in [0.15, 0.2) is 54.9 Å². The van der Waals surface area contributed by atoms with Crippen LogP contribution >= 0.6 is 11.6 Å². The van der Waals surface area contributed by atoms with Gasteiger partial charge in [-0.05, 0) is 30.2 Å². The second-order valence-corrected chi connectivity index (χ2v) is 7.75. The number of carbonyl (C=O) groups excluding carboxylic acids is 2. The quantitative estimate of drug-likeness (QED) is 0.608. The standard InChI is InChI=1S/C22H23ClN4O2/c23-18-7-2-1-6-16(18)13-27-14-17(12-21(27)28)22(29)24-10-5-11-26-15-25-19-8-3-4-9-20(19)26/h1-4,6-9,15,17H,5,10-14H2,(H,24,29)/t17-/m1/s1. The lowest BCUT2D eigenvalue weighted by molar-refractivity contribution is -0.129. The Morgan fingerprint density at radius 3 is 2.83 bits per heavy atom. The number of benzene rings is 2. The fourth-order valence-electron chi connectivity index (χ4n) is 3.73. The van der Waals surface area contributed by atoms with Gasteiger partial charge >= 0.3 is 0 Å². The normalized spacial score (nSPS) is 16.5. The van der Waals surface area contributed by atoms with Gasteiger partial charge in [-0.3, -0.25) is 9.59 Å². The van der Waals surface area contributed by atoms with Gasteiger partial charge in [0.25, 0.3) is 0 Å². The molecule has 4 rings (SSSR count). The summed E-state index contributed by atoms with van der Waals surface area (Å²) in [6.07, 6.45) is 2.88. The number of carbonyl (C=O) groups is 2.